The van der Waals surface area contributed by atoms with Crippen molar-refractivity contribution in [2.45, 2.75) is 0 Å². The number of carbonyl (C=O) groups excluding carboxylic acids is 1. The first kappa shape index (κ1) is 19.2. The highest BCUT2D eigenvalue weighted by Gasteiger charge is 2.16. The van der Waals surface area contributed by atoms with Gasteiger partial charge in [-0.15, -0.1) is 0 Å². The van der Waals surface area contributed by atoms with Crippen LogP contribution in [0.3, 0.4) is 0 Å². The fourth-order valence-electron chi connectivity index (χ4n) is 3.35. The van der Waals surface area contributed by atoms with Crippen molar-refractivity contribution in [3.63, 3.8) is 0 Å². The van der Waals surface area contributed by atoms with Crippen molar-refractivity contribution in [1.29, 1.82) is 0 Å². The van der Waals surface area contributed by atoms with Gasteiger partial charge in [0.05, 0.1) is 5.69 Å². The first-order chi connectivity index (χ1) is 14.8. The van der Waals surface area contributed by atoms with Gasteiger partial charge in [-0.25, -0.2) is 4.79 Å². The maximum Gasteiger partial charge on any atom is 0.335 e. The molecule has 0 aromatic heterocycles. The topological polar surface area (TPSA) is 29.5 Å². The molecule has 3 nitrogen and oxygen atoms in total. The summed E-state index contributed by atoms with van der Waals surface area (Å²) < 4.78 is 5.20. The molecule has 146 valence electrons. The monoisotopic (exact) mass is 391 g/mol. The van der Waals surface area contributed by atoms with Crippen LogP contribution in [0.15, 0.2) is 122 Å². The largest absolute Gasteiger partial charge is 0.423 e. The Bertz CT molecular complexity index is 1100. The van der Waals surface area contributed by atoms with Crippen LogP contribution in [0.4, 0.5) is 17.1 Å². The highest BCUT2D eigenvalue weighted by molar-refractivity contribution is 5.88. The average molecular weight is 391 g/mol. The third-order valence-electron chi connectivity index (χ3n) is 4.72. The fourth-order valence-corrected chi connectivity index (χ4v) is 3.35. The molecule has 0 N–H and O–H groups in total. The lowest BCUT2D eigenvalue weighted by molar-refractivity contribution is -0.128. The number of benzene rings is 4. The van der Waals surface area contributed by atoms with E-state index >= 15 is 0 Å². The number of anilines is 3. The molecule has 4 aromatic rings. The van der Waals surface area contributed by atoms with Gasteiger partial charge in [0, 0.05) is 23.0 Å². The highest BCUT2D eigenvalue weighted by Crippen LogP contribution is 2.40. The SMILES string of the molecule is C=CC(=O)Oc1ccc(-c2ccccc2N(c2ccccc2)c2ccccc2)cc1. The van der Waals surface area contributed by atoms with Crippen LogP contribution in [0, 0.1) is 0 Å². The Morgan fingerprint density at radius 1 is 0.700 bits per heavy atom. The predicted octanol–water partition coefficient (Wildman–Crippen LogP) is 6.91. The summed E-state index contributed by atoms with van der Waals surface area (Å²) in [4.78, 5) is 13.7. The summed E-state index contributed by atoms with van der Waals surface area (Å²) in [5.41, 5.74) is 5.32. The second kappa shape index (κ2) is 8.93. The van der Waals surface area contributed by atoms with Crippen LogP contribution in [0.2, 0.25) is 0 Å². The van der Waals surface area contributed by atoms with E-state index in [1.807, 2.05) is 60.7 Å². The normalized spacial score (nSPS) is 10.3. The fraction of sp³-hybridized carbons (Fsp3) is 0. The van der Waals surface area contributed by atoms with Crippen LogP contribution in [0.1, 0.15) is 0 Å². The predicted molar refractivity (Wildman–Crippen MR) is 122 cm³/mol. The Hall–Kier alpha value is -4.11. The molecule has 0 aliphatic rings. The Morgan fingerprint density at radius 2 is 1.23 bits per heavy atom. The lowest BCUT2D eigenvalue weighted by atomic mass is 10.0. The third-order valence-corrected chi connectivity index (χ3v) is 4.72. The summed E-state index contributed by atoms with van der Waals surface area (Å²) in [6.45, 7) is 3.43. The van der Waals surface area contributed by atoms with Crippen molar-refractivity contribution in [2.24, 2.45) is 0 Å². The van der Waals surface area contributed by atoms with E-state index in [9.17, 15) is 4.79 Å². The van der Waals surface area contributed by atoms with E-state index in [1.165, 1.54) is 0 Å². The molecule has 0 radical (unpaired) electrons. The van der Waals surface area contributed by atoms with Gasteiger partial charge in [0.15, 0.2) is 0 Å². The van der Waals surface area contributed by atoms with Gasteiger partial charge in [0.1, 0.15) is 5.75 Å². The maximum atomic E-state index is 11.4. The number of ether oxygens (including phenoxy) is 1. The van der Waals surface area contributed by atoms with Crippen LogP contribution < -0.4 is 9.64 Å². The summed E-state index contributed by atoms with van der Waals surface area (Å²) in [5.74, 6) is 0.0200. The lowest BCUT2D eigenvalue weighted by Crippen LogP contribution is -2.10. The smallest absolute Gasteiger partial charge is 0.335 e. The van der Waals surface area contributed by atoms with Gasteiger partial charge in [0.25, 0.3) is 0 Å². The van der Waals surface area contributed by atoms with E-state index in [1.54, 1.807) is 12.1 Å². The minimum Gasteiger partial charge on any atom is -0.423 e. The summed E-state index contributed by atoms with van der Waals surface area (Å²) in [5, 5.41) is 0. The summed E-state index contributed by atoms with van der Waals surface area (Å²) in [7, 11) is 0. The molecule has 0 fully saturated rings. The lowest BCUT2D eigenvalue weighted by Gasteiger charge is -2.27. The van der Waals surface area contributed by atoms with Gasteiger partial charge >= 0.3 is 5.97 Å². The van der Waals surface area contributed by atoms with Gasteiger partial charge in [0.2, 0.25) is 0 Å². The van der Waals surface area contributed by atoms with Crippen molar-refractivity contribution >= 4 is 23.0 Å². The molecule has 0 spiro atoms. The Labute approximate surface area is 176 Å². The summed E-state index contributed by atoms with van der Waals surface area (Å²) >= 11 is 0. The second-order valence-electron chi connectivity index (χ2n) is 6.67. The first-order valence-electron chi connectivity index (χ1n) is 9.70. The number of rotatable bonds is 6. The summed E-state index contributed by atoms with van der Waals surface area (Å²) in [6, 6.07) is 36.4. The molecule has 0 aliphatic heterocycles. The highest BCUT2D eigenvalue weighted by atomic mass is 16.5. The average Bonchev–Trinajstić information content (AvgIpc) is 2.81. The van der Waals surface area contributed by atoms with Crippen LogP contribution in [0.5, 0.6) is 5.75 Å². The molecule has 0 amide bonds. The van der Waals surface area contributed by atoms with E-state index in [-0.39, 0.29) is 0 Å². The molecule has 3 heteroatoms. The molecule has 0 heterocycles. The zero-order valence-electron chi connectivity index (χ0n) is 16.4. The number of esters is 1. The molecule has 30 heavy (non-hydrogen) atoms. The van der Waals surface area contributed by atoms with Crippen LogP contribution in [-0.2, 0) is 4.79 Å². The molecule has 0 saturated heterocycles. The molecule has 0 unspecified atom stereocenters. The maximum absolute atomic E-state index is 11.4. The van der Waals surface area contributed by atoms with E-state index in [4.69, 9.17) is 4.74 Å². The van der Waals surface area contributed by atoms with Crippen molar-refractivity contribution in [3.8, 4) is 16.9 Å². The standard InChI is InChI=1S/C27H21NO2/c1-2-27(29)30-24-19-17-21(18-20-24)25-15-9-10-16-26(25)28(22-11-5-3-6-12-22)23-13-7-4-8-14-23/h2-20H,1H2. The minimum absolute atomic E-state index is 0.470. The molecule has 4 rings (SSSR count). The van der Waals surface area contributed by atoms with Gasteiger partial charge in [-0.1, -0.05) is 73.3 Å². The van der Waals surface area contributed by atoms with E-state index in [0.29, 0.717) is 5.75 Å². The minimum atomic E-state index is -0.470. The zero-order valence-corrected chi connectivity index (χ0v) is 16.4. The molecule has 0 saturated carbocycles. The van der Waals surface area contributed by atoms with Gasteiger partial charge in [-0.3, -0.25) is 0 Å². The Balaban J connectivity index is 1.79. The van der Waals surface area contributed by atoms with Crippen molar-refractivity contribution in [2.75, 3.05) is 4.90 Å². The van der Waals surface area contributed by atoms with Gasteiger partial charge in [-0.2, -0.15) is 0 Å². The number of hydrogen-bond acceptors (Lipinski definition) is 3. The van der Waals surface area contributed by atoms with Crippen LogP contribution in [0.25, 0.3) is 11.1 Å². The van der Waals surface area contributed by atoms with Crippen molar-refractivity contribution in [3.05, 3.63) is 122 Å². The van der Waals surface area contributed by atoms with Crippen LogP contribution in [-0.4, -0.2) is 5.97 Å². The number of para-hydroxylation sites is 3. The molecule has 0 aliphatic carbocycles. The molecular weight excluding hydrogens is 370 g/mol. The molecular formula is C27H21NO2. The quantitative estimate of drug-likeness (QED) is 0.203. The molecule has 4 aromatic carbocycles. The number of nitrogens with zero attached hydrogens (tertiary/aromatic N) is 1. The molecule has 0 atom stereocenters. The van der Waals surface area contributed by atoms with E-state index in [0.717, 1.165) is 34.3 Å². The van der Waals surface area contributed by atoms with Crippen LogP contribution >= 0.6 is 0 Å². The second-order valence-corrected chi connectivity index (χ2v) is 6.67. The third kappa shape index (κ3) is 4.15. The van der Waals surface area contributed by atoms with E-state index in [2.05, 4.69) is 47.9 Å². The summed E-state index contributed by atoms with van der Waals surface area (Å²) in [6.07, 6.45) is 1.15. The van der Waals surface area contributed by atoms with Gasteiger partial charge < -0.3 is 9.64 Å². The van der Waals surface area contributed by atoms with Crippen molar-refractivity contribution < 1.29 is 9.53 Å². The van der Waals surface area contributed by atoms with Gasteiger partial charge in [-0.05, 0) is 48.0 Å². The first-order valence-corrected chi connectivity index (χ1v) is 9.70. The Morgan fingerprint density at radius 3 is 1.80 bits per heavy atom. The number of hydrogen-bond donors (Lipinski definition) is 0. The molecule has 0 bridgehead atoms. The Kier molecular flexibility index (Phi) is 5.72. The zero-order chi connectivity index (χ0) is 20.8. The number of carbonyl (C=O) groups is 1. The van der Waals surface area contributed by atoms with Crippen molar-refractivity contribution in [1.82, 2.24) is 0 Å². The van der Waals surface area contributed by atoms with E-state index < -0.39 is 5.97 Å².